The second kappa shape index (κ2) is 6.23. The van der Waals surface area contributed by atoms with E-state index in [1.165, 1.54) is 12.0 Å². The molecule has 5 heteroatoms. The summed E-state index contributed by atoms with van der Waals surface area (Å²) in [5.74, 6) is 0.672. The molecule has 1 aliphatic heterocycles. The van der Waals surface area contributed by atoms with Gasteiger partial charge in [-0.3, -0.25) is 9.21 Å². The van der Waals surface area contributed by atoms with E-state index in [1.54, 1.807) is 7.11 Å². The molecule has 1 aliphatic rings. The molecule has 94 valence electrons. The maximum Gasteiger partial charge on any atom is 0.212 e. The number of hydrogen-bond donors (Lipinski definition) is 1. The summed E-state index contributed by atoms with van der Waals surface area (Å²) in [4.78, 5) is 6.67. The highest BCUT2D eigenvalue weighted by Gasteiger charge is 2.12. The molecule has 2 heterocycles. The van der Waals surface area contributed by atoms with Crippen molar-refractivity contribution < 1.29 is 4.74 Å². The summed E-state index contributed by atoms with van der Waals surface area (Å²) in [6.07, 6.45) is 3.06. The molecular formula is C12H19N3OS. The van der Waals surface area contributed by atoms with Crippen LogP contribution < -0.4 is 4.74 Å². The van der Waals surface area contributed by atoms with Gasteiger partial charge in [0, 0.05) is 38.4 Å². The van der Waals surface area contributed by atoms with Gasteiger partial charge < -0.3 is 4.74 Å². The number of nitrogens with zero attached hydrogens (tertiary/aromatic N) is 3. The Morgan fingerprint density at radius 2 is 2.18 bits per heavy atom. The molecule has 0 unspecified atom stereocenters. The molecule has 0 amide bonds. The first-order valence-electron chi connectivity index (χ1n) is 5.93. The van der Waals surface area contributed by atoms with E-state index in [4.69, 9.17) is 4.74 Å². The van der Waals surface area contributed by atoms with Crippen LogP contribution in [0.4, 0.5) is 0 Å². The molecule has 2 rings (SSSR count). The maximum atomic E-state index is 5.05. The van der Waals surface area contributed by atoms with Gasteiger partial charge in [-0.1, -0.05) is 18.9 Å². The second-order valence-corrected chi connectivity index (χ2v) is 4.86. The van der Waals surface area contributed by atoms with E-state index < -0.39 is 0 Å². The van der Waals surface area contributed by atoms with E-state index in [9.17, 15) is 0 Å². The number of ether oxygens (including phenoxy) is 1. The van der Waals surface area contributed by atoms with E-state index in [1.807, 2.05) is 12.3 Å². The van der Waals surface area contributed by atoms with Crippen LogP contribution in [-0.4, -0.2) is 47.5 Å². The largest absolute Gasteiger partial charge is 0.481 e. The predicted molar refractivity (Wildman–Crippen MR) is 71.2 cm³/mol. The third-order valence-electron chi connectivity index (χ3n) is 2.98. The zero-order valence-electron chi connectivity index (χ0n) is 10.2. The van der Waals surface area contributed by atoms with Crippen molar-refractivity contribution in [2.24, 2.45) is 0 Å². The van der Waals surface area contributed by atoms with Crippen molar-refractivity contribution >= 4 is 12.8 Å². The Morgan fingerprint density at radius 1 is 1.29 bits per heavy atom. The highest BCUT2D eigenvalue weighted by molar-refractivity contribution is 7.77. The van der Waals surface area contributed by atoms with E-state index in [2.05, 4.69) is 33.1 Å². The molecular weight excluding hydrogens is 234 g/mol. The SMILES string of the molecule is COc1ccc(CN2CCCN(S)CC2)cn1. The van der Waals surface area contributed by atoms with Crippen molar-refractivity contribution in [2.75, 3.05) is 33.3 Å². The van der Waals surface area contributed by atoms with Crippen molar-refractivity contribution in [1.82, 2.24) is 14.2 Å². The average Bonchev–Trinajstić information content (AvgIpc) is 2.56. The molecule has 1 aromatic rings. The van der Waals surface area contributed by atoms with E-state index in [-0.39, 0.29) is 0 Å². The number of rotatable bonds is 3. The topological polar surface area (TPSA) is 28.6 Å². The van der Waals surface area contributed by atoms with Crippen LogP contribution >= 0.6 is 12.8 Å². The van der Waals surface area contributed by atoms with Gasteiger partial charge in [0.2, 0.25) is 5.88 Å². The molecule has 0 radical (unpaired) electrons. The van der Waals surface area contributed by atoms with Crippen LogP contribution in [0.5, 0.6) is 5.88 Å². The molecule has 0 N–H and O–H groups in total. The van der Waals surface area contributed by atoms with Crippen LogP contribution in [-0.2, 0) is 6.54 Å². The Morgan fingerprint density at radius 3 is 2.88 bits per heavy atom. The van der Waals surface area contributed by atoms with Gasteiger partial charge in [0.25, 0.3) is 0 Å². The summed E-state index contributed by atoms with van der Waals surface area (Å²) < 4.78 is 7.14. The number of methoxy groups -OCH3 is 1. The van der Waals surface area contributed by atoms with E-state index >= 15 is 0 Å². The average molecular weight is 253 g/mol. The quantitative estimate of drug-likeness (QED) is 0.825. The van der Waals surface area contributed by atoms with Gasteiger partial charge in [0.1, 0.15) is 0 Å². The molecule has 1 aromatic heterocycles. The van der Waals surface area contributed by atoms with Crippen LogP contribution in [0.1, 0.15) is 12.0 Å². The second-order valence-electron chi connectivity index (χ2n) is 4.29. The van der Waals surface area contributed by atoms with Gasteiger partial charge in [-0.15, -0.1) is 0 Å². The summed E-state index contributed by atoms with van der Waals surface area (Å²) in [5, 5.41) is 0. The van der Waals surface area contributed by atoms with Crippen LogP contribution in [0.15, 0.2) is 18.3 Å². The van der Waals surface area contributed by atoms with Gasteiger partial charge >= 0.3 is 0 Å². The van der Waals surface area contributed by atoms with Crippen molar-refractivity contribution in [3.63, 3.8) is 0 Å². The minimum Gasteiger partial charge on any atom is -0.481 e. The van der Waals surface area contributed by atoms with Crippen LogP contribution in [0, 0.1) is 0 Å². The molecule has 0 aromatic carbocycles. The number of thiol groups is 1. The normalized spacial score (nSPS) is 18.9. The Kier molecular flexibility index (Phi) is 4.65. The Hall–Kier alpha value is -0.780. The first-order valence-corrected chi connectivity index (χ1v) is 6.33. The molecule has 1 saturated heterocycles. The summed E-state index contributed by atoms with van der Waals surface area (Å²) in [7, 11) is 1.64. The van der Waals surface area contributed by atoms with Gasteiger partial charge in [-0.05, 0) is 18.5 Å². The molecule has 4 nitrogen and oxygen atoms in total. The lowest BCUT2D eigenvalue weighted by molar-refractivity contribution is 0.280. The number of hydrogen-bond acceptors (Lipinski definition) is 5. The molecule has 0 atom stereocenters. The Labute approximate surface area is 108 Å². The Bertz CT molecular complexity index is 344. The first kappa shape index (κ1) is 12.7. The lowest BCUT2D eigenvalue weighted by Gasteiger charge is -2.19. The monoisotopic (exact) mass is 253 g/mol. The minimum atomic E-state index is 0.672. The zero-order chi connectivity index (χ0) is 12.1. The van der Waals surface area contributed by atoms with Crippen LogP contribution in [0.3, 0.4) is 0 Å². The summed E-state index contributed by atoms with van der Waals surface area (Å²) in [6.45, 7) is 5.24. The van der Waals surface area contributed by atoms with Gasteiger partial charge in [-0.2, -0.15) is 0 Å². The first-order chi connectivity index (χ1) is 8.28. The van der Waals surface area contributed by atoms with Crippen molar-refractivity contribution in [2.45, 2.75) is 13.0 Å². The Balaban J connectivity index is 1.90. The van der Waals surface area contributed by atoms with Gasteiger partial charge in [0.15, 0.2) is 0 Å². The number of pyridine rings is 1. The van der Waals surface area contributed by atoms with Gasteiger partial charge in [-0.25, -0.2) is 4.98 Å². The summed E-state index contributed by atoms with van der Waals surface area (Å²) >= 11 is 4.40. The highest BCUT2D eigenvalue weighted by atomic mass is 32.1. The number of aromatic nitrogens is 1. The van der Waals surface area contributed by atoms with Crippen LogP contribution in [0.25, 0.3) is 0 Å². The summed E-state index contributed by atoms with van der Waals surface area (Å²) in [6, 6.07) is 3.99. The minimum absolute atomic E-state index is 0.672. The van der Waals surface area contributed by atoms with Crippen molar-refractivity contribution in [1.29, 1.82) is 0 Å². The fourth-order valence-corrected chi connectivity index (χ4v) is 2.23. The lowest BCUT2D eigenvalue weighted by atomic mass is 10.2. The lowest BCUT2D eigenvalue weighted by Crippen LogP contribution is -2.27. The molecule has 1 fully saturated rings. The molecule has 0 aliphatic carbocycles. The smallest absolute Gasteiger partial charge is 0.212 e. The van der Waals surface area contributed by atoms with Crippen molar-refractivity contribution in [3.8, 4) is 5.88 Å². The fourth-order valence-electron chi connectivity index (χ4n) is 2.00. The predicted octanol–water partition coefficient (Wildman–Crippen LogP) is 1.44. The third-order valence-corrected chi connectivity index (χ3v) is 3.38. The molecule has 0 spiro atoms. The third kappa shape index (κ3) is 3.87. The van der Waals surface area contributed by atoms with Gasteiger partial charge in [0.05, 0.1) is 7.11 Å². The zero-order valence-corrected chi connectivity index (χ0v) is 11.1. The van der Waals surface area contributed by atoms with E-state index in [0.29, 0.717) is 5.88 Å². The highest BCUT2D eigenvalue weighted by Crippen LogP contribution is 2.11. The standard InChI is InChI=1S/C12H19N3OS/c1-16-12-4-3-11(9-13-12)10-14-5-2-6-15(17)8-7-14/h3-4,9,17H,2,5-8,10H2,1H3. The fraction of sp³-hybridized carbons (Fsp3) is 0.583. The van der Waals surface area contributed by atoms with Crippen molar-refractivity contribution in [3.05, 3.63) is 23.9 Å². The molecule has 0 saturated carbocycles. The van der Waals surface area contributed by atoms with E-state index in [0.717, 1.165) is 32.7 Å². The molecule has 17 heavy (non-hydrogen) atoms. The summed E-state index contributed by atoms with van der Waals surface area (Å²) in [5.41, 5.74) is 1.23. The van der Waals surface area contributed by atoms with Crippen LogP contribution in [0.2, 0.25) is 0 Å². The maximum absolute atomic E-state index is 5.05. The molecule has 0 bridgehead atoms.